The van der Waals surface area contributed by atoms with E-state index in [1.807, 2.05) is 91.2 Å². The molecule has 4 aromatic rings. The minimum absolute atomic E-state index is 0.0207. The van der Waals surface area contributed by atoms with Crippen molar-refractivity contribution in [3.8, 4) is 16.2 Å². The number of hydrogen-bond acceptors (Lipinski definition) is 9. The number of furan rings is 1. The van der Waals surface area contributed by atoms with Crippen LogP contribution in [0.3, 0.4) is 0 Å². The fourth-order valence-electron chi connectivity index (χ4n) is 6.87. The van der Waals surface area contributed by atoms with E-state index in [0.29, 0.717) is 48.9 Å². The summed E-state index contributed by atoms with van der Waals surface area (Å²) in [5.74, 6) is -0.369. The third-order valence-corrected chi connectivity index (χ3v) is 10.8. The molecule has 2 fully saturated rings. The Morgan fingerprint density at radius 1 is 0.981 bits per heavy atom. The molecule has 1 aliphatic carbocycles. The molecule has 13 heteroatoms. The molecule has 1 saturated heterocycles. The minimum Gasteiger partial charge on any atom is -0.490 e. The highest BCUT2D eigenvalue weighted by Gasteiger charge is 2.42. The van der Waals surface area contributed by atoms with E-state index in [-0.39, 0.29) is 35.8 Å². The molecule has 0 spiro atoms. The number of alkyl carbamates (subject to hydrolysis) is 1. The number of thiazole rings is 1. The number of fused-ring (bicyclic) bond motifs is 1. The maximum atomic E-state index is 14.2. The molecule has 0 radical (unpaired) electrons. The largest absolute Gasteiger partial charge is 0.490 e. The maximum absolute atomic E-state index is 14.2. The smallest absolute Gasteiger partial charge is 0.407 e. The van der Waals surface area contributed by atoms with Gasteiger partial charge in [-0.2, -0.15) is 0 Å². The topological polar surface area (TPSA) is 152 Å². The molecule has 2 aliphatic rings. The summed E-state index contributed by atoms with van der Waals surface area (Å²) in [6.07, 6.45) is 2.01. The second-order valence-electron chi connectivity index (χ2n) is 16.4. The Morgan fingerprint density at radius 2 is 1.70 bits per heavy atom. The third kappa shape index (κ3) is 9.06. The number of likely N-dealkylation sites (tertiary alicyclic amines) is 1. The lowest BCUT2D eigenvalue weighted by Gasteiger charge is -2.36. The molecule has 3 N–H and O–H groups in total. The van der Waals surface area contributed by atoms with Gasteiger partial charge >= 0.3 is 6.09 Å². The average molecular weight is 758 g/mol. The monoisotopic (exact) mass is 757 g/mol. The lowest BCUT2D eigenvalue weighted by Crippen LogP contribution is -2.57. The van der Waals surface area contributed by atoms with Gasteiger partial charge in [-0.05, 0) is 88.3 Å². The van der Waals surface area contributed by atoms with Gasteiger partial charge in [-0.1, -0.05) is 45.0 Å². The first-order chi connectivity index (χ1) is 25.4. The molecule has 1 unspecified atom stereocenters. The zero-order chi connectivity index (χ0) is 38.9. The number of rotatable bonds is 10. The van der Waals surface area contributed by atoms with Crippen LogP contribution in [0.5, 0.6) is 5.75 Å². The van der Waals surface area contributed by atoms with E-state index >= 15 is 0 Å². The summed E-state index contributed by atoms with van der Waals surface area (Å²) < 4.78 is 17.4. The van der Waals surface area contributed by atoms with E-state index in [9.17, 15) is 19.2 Å². The molecule has 1 aliphatic heterocycles. The van der Waals surface area contributed by atoms with Crippen molar-refractivity contribution in [2.45, 2.75) is 117 Å². The molecule has 3 heterocycles. The average Bonchev–Trinajstić information content (AvgIpc) is 3.84. The van der Waals surface area contributed by atoms with Crippen LogP contribution in [0.15, 0.2) is 58.5 Å². The first-order valence-electron chi connectivity index (χ1n) is 18.6. The Balaban J connectivity index is 1.06. The summed E-state index contributed by atoms with van der Waals surface area (Å²) in [7, 11) is 0. The summed E-state index contributed by atoms with van der Waals surface area (Å²) in [5, 5.41) is 9.58. The van der Waals surface area contributed by atoms with Crippen LogP contribution in [0.25, 0.3) is 21.4 Å². The van der Waals surface area contributed by atoms with E-state index in [4.69, 9.17) is 13.9 Å². The van der Waals surface area contributed by atoms with E-state index in [1.54, 1.807) is 34.4 Å². The highest BCUT2D eigenvalue weighted by Crippen LogP contribution is 2.32. The number of aromatic nitrogens is 1. The van der Waals surface area contributed by atoms with E-state index < -0.39 is 35.1 Å². The standard InChI is InChI=1S/C41H51N5O7S/c1-23(25-11-13-26(14-12-25)34-24(2)42-22-54-34)43-36(47)31-10-9-17-46(31)38(49)35(40(3,4)5)45-37(48)33-19-27-18-29(15-16-32(27)52-33)51-30-20-28(21-30)44-39(50)53-41(6,7)8/h11-16,18-19,22-23,28,30-31,35H,9-10,17,20-21H2,1-8H3,(H,43,47)(H,44,50)(H,45,48)/t23-,28-,30+,31-,35?/m0/s1. The Kier molecular flexibility index (Phi) is 11.1. The van der Waals surface area contributed by atoms with Crippen molar-refractivity contribution in [2.24, 2.45) is 5.41 Å². The zero-order valence-electron chi connectivity index (χ0n) is 32.3. The van der Waals surface area contributed by atoms with Gasteiger partial charge in [0.15, 0.2) is 5.76 Å². The summed E-state index contributed by atoms with van der Waals surface area (Å²) in [4.78, 5) is 60.5. The molecule has 0 bridgehead atoms. The van der Waals surface area contributed by atoms with Gasteiger partial charge in [0.25, 0.3) is 5.91 Å². The molecular formula is C41H51N5O7S. The van der Waals surface area contributed by atoms with Crippen molar-refractivity contribution in [3.63, 3.8) is 0 Å². The van der Waals surface area contributed by atoms with Crippen molar-refractivity contribution in [1.82, 2.24) is 25.8 Å². The summed E-state index contributed by atoms with van der Waals surface area (Å²) in [6, 6.07) is 13.2. The molecule has 288 valence electrons. The number of amides is 4. The molecule has 12 nitrogen and oxygen atoms in total. The van der Waals surface area contributed by atoms with Gasteiger partial charge in [-0.15, -0.1) is 11.3 Å². The van der Waals surface area contributed by atoms with Crippen LogP contribution < -0.4 is 20.7 Å². The van der Waals surface area contributed by atoms with Crippen LogP contribution in [0.4, 0.5) is 4.79 Å². The second kappa shape index (κ2) is 15.4. The van der Waals surface area contributed by atoms with Gasteiger partial charge in [0.1, 0.15) is 35.1 Å². The number of ether oxygens (including phenoxy) is 2. The second-order valence-corrected chi connectivity index (χ2v) is 17.3. The Bertz CT molecular complexity index is 2000. The summed E-state index contributed by atoms with van der Waals surface area (Å²) in [5.41, 5.74) is 4.14. The number of aryl methyl sites for hydroxylation is 1. The fraction of sp³-hybridized carbons (Fsp3) is 0.488. The van der Waals surface area contributed by atoms with Gasteiger partial charge in [-0.25, -0.2) is 9.78 Å². The molecule has 2 aromatic carbocycles. The predicted molar refractivity (Wildman–Crippen MR) is 207 cm³/mol. The molecular weight excluding hydrogens is 707 g/mol. The van der Waals surface area contributed by atoms with Crippen molar-refractivity contribution in [1.29, 1.82) is 0 Å². The normalized spacial score (nSPS) is 19.8. The van der Waals surface area contributed by atoms with Gasteiger partial charge in [0, 0.05) is 30.8 Å². The lowest BCUT2D eigenvalue weighted by molar-refractivity contribution is -0.142. The van der Waals surface area contributed by atoms with Crippen molar-refractivity contribution in [3.05, 3.63) is 71.1 Å². The molecule has 6 rings (SSSR count). The van der Waals surface area contributed by atoms with Gasteiger partial charge < -0.3 is 34.7 Å². The minimum atomic E-state index is -0.911. The zero-order valence-corrected chi connectivity index (χ0v) is 33.1. The van der Waals surface area contributed by atoms with Gasteiger partial charge in [0.2, 0.25) is 11.8 Å². The van der Waals surface area contributed by atoms with Gasteiger partial charge in [-0.3, -0.25) is 14.4 Å². The van der Waals surface area contributed by atoms with Crippen LogP contribution in [-0.2, 0) is 14.3 Å². The Labute approximate surface area is 320 Å². The maximum Gasteiger partial charge on any atom is 0.407 e. The van der Waals surface area contributed by atoms with E-state index in [0.717, 1.165) is 21.7 Å². The van der Waals surface area contributed by atoms with Crippen molar-refractivity contribution in [2.75, 3.05) is 6.54 Å². The summed E-state index contributed by atoms with van der Waals surface area (Å²) in [6.45, 7) is 15.5. The Morgan fingerprint density at radius 3 is 2.35 bits per heavy atom. The number of carbonyl (C=O) groups is 4. The number of nitrogens with one attached hydrogen (secondary N) is 3. The molecule has 54 heavy (non-hydrogen) atoms. The van der Waals surface area contributed by atoms with Crippen LogP contribution in [-0.4, -0.2) is 70.1 Å². The van der Waals surface area contributed by atoms with Crippen LogP contribution in [0.2, 0.25) is 0 Å². The van der Waals surface area contributed by atoms with Gasteiger partial charge in [0.05, 0.1) is 22.1 Å². The number of carbonyl (C=O) groups excluding carboxylic acids is 4. The first kappa shape index (κ1) is 38.8. The van der Waals surface area contributed by atoms with Crippen LogP contribution in [0, 0.1) is 12.3 Å². The Hall–Kier alpha value is -4.91. The highest BCUT2D eigenvalue weighted by atomic mass is 32.1. The molecule has 4 amide bonds. The SMILES string of the molecule is Cc1ncsc1-c1ccc([C@H](C)NC(=O)[C@@H]2CCCN2C(=O)C(NC(=O)c2cc3cc(O[C@H]4C[C@@H](NC(=O)OC(C)(C)C)C4)ccc3o2)C(C)(C)C)cc1. The van der Waals surface area contributed by atoms with Crippen LogP contribution in [0.1, 0.15) is 102 Å². The van der Waals surface area contributed by atoms with Crippen molar-refractivity contribution >= 4 is 46.1 Å². The highest BCUT2D eigenvalue weighted by molar-refractivity contribution is 7.13. The van der Waals surface area contributed by atoms with E-state index in [2.05, 4.69) is 20.9 Å². The molecule has 2 aromatic heterocycles. The molecule has 1 saturated carbocycles. The molecule has 3 atom stereocenters. The quantitative estimate of drug-likeness (QED) is 0.152. The number of benzene rings is 2. The third-order valence-electron chi connectivity index (χ3n) is 9.83. The summed E-state index contributed by atoms with van der Waals surface area (Å²) >= 11 is 1.59. The predicted octanol–water partition coefficient (Wildman–Crippen LogP) is 7.31. The number of hydrogen-bond donors (Lipinski definition) is 3. The van der Waals surface area contributed by atoms with Crippen LogP contribution >= 0.6 is 11.3 Å². The first-order valence-corrected chi connectivity index (χ1v) is 19.4. The fourth-order valence-corrected chi connectivity index (χ4v) is 7.68. The van der Waals surface area contributed by atoms with E-state index in [1.165, 1.54) is 0 Å². The lowest BCUT2D eigenvalue weighted by atomic mass is 9.85. The number of nitrogens with zero attached hydrogens (tertiary/aromatic N) is 2. The van der Waals surface area contributed by atoms with Crippen molar-refractivity contribution < 1.29 is 33.1 Å².